The SMILES string of the molecule is CCN1CCCC1CNc1nc2ccc(F)cc2[nH]1. The van der Waals surface area contributed by atoms with Crippen molar-refractivity contribution in [1.29, 1.82) is 0 Å². The van der Waals surface area contributed by atoms with Gasteiger partial charge in [0.1, 0.15) is 5.82 Å². The van der Waals surface area contributed by atoms with Gasteiger partial charge in [-0.05, 0) is 44.1 Å². The van der Waals surface area contributed by atoms with Gasteiger partial charge < -0.3 is 10.3 Å². The zero-order chi connectivity index (χ0) is 13.2. The third-order valence-corrected chi connectivity index (χ3v) is 3.85. The molecule has 0 bridgehead atoms. The third-order valence-electron chi connectivity index (χ3n) is 3.85. The van der Waals surface area contributed by atoms with Gasteiger partial charge in [-0.3, -0.25) is 4.90 Å². The minimum atomic E-state index is -0.240. The number of hydrogen-bond donors (Lipinski definition) is 2. The lowest BCUT2D eigenvalue weighted by Gasteiger charge is -2.22. The summed E-state index contributed by atoms with van der Waals surface area (Å²) in [5, 5.41) is 3.33. The van der Waals surface area contributed by atoms with E-state index in [9.17, 15) is 4.39 Å². The van der Waals surface area contributed by atoms with E-state index >= 15 is 0 Å². The molecule has 1 aliphatic heterocycles. The number of likely N-dealkylation sites (tertiary alicyclic amines) is 1. The number of benzene rings is 1. The number of aromatic nitrogens is 2. The molecule has 0 spiro atoms. The predicted octanol–water partition coefficient (Wildman–Crippen LogP) is 2.60. The Morgan fingerprint density at radius 1 is 1.53 bits per heavy atom. The first-order valence-electron chi connectivity index (χ1n) is 6.89. The molecule has 2 aromatic rings. The molecule has 2 heterocycles. The van der Waals surface area contributed by atoms with E-state index in [1.54, 1.807) is 6.07 Å². The van der Waals surface area contributed by atoms with Gasteiger partial charge in [0, 0.05) is 12.6 Å². The maximum atomic E-state index is 13.1. The smallest absolute Gasteiger partial charge is 0.201 e. The van der Waals surface area contributed by atoms with E-state index in [1.165, 1.54) is 31.5 Å². The van der Waals surface area contributed by atoms with Gasteiger partial charge in [-0.2, -0.15) is 0 Å². The summed E-state index contributed by atoms with van der Waals surface area (Å²) in [7, 11) is 0. The van der Waals surface area contributed by atoms with Crippen LogP contribution in [0, 0.1) is 5.82 Å². The van der Waals surface area contributed by atoms with Crippen LogP contribution >= 0.6 is 0 Å². The Labute approximate surface area is 112 Å². The van der Waals surface area contributed by atoms with E-state index in [4.69, 9.17) is 0 Å². The van der Waals surface area contributed by atoms with E-state index in [-0.39, 0.29) is 5.82 Å². The molecule has 2 N–H and O–H groups in total. The fourth-order valence-corrected chi connectivity index (χ4v) is 2.82. The maximum absolute atomic E-state index is 13.1. The predicted molar refractivity (Wildman–Crippen MR) is 74.8 cm³/mol. The molecule has 1 fully saturated rings. The van der Waals surface area contributed by atoms with Crippen LogP contribution in [0.25, 0.3) is 11.0 Å². The van der Waals surface area contributed by atoms with Gasteiger partial charge in [-0.1, -0.05) is 6.92 Å². The second-order valence-electron chi connectivity index (χ2n) is 5.05. The summed E-state index contributed by atoms with van der Waals surface area (Å²) in [6.07, 6.45) is 2.50. The molecule has 102 valence electrons. The first-order valence-corrected chi connectivity index (χ1v) is 6.89. The number of halogens is 1. The summed E-state index contributed by atoms with van der Waals surface area (Å²) in [4.78, 5) is 10.0. The molecule has 1 aliphatic rings. The zero-order valence-electron chi connectivity index (χ0n) is 11.1. The maximum Gasteiger partial charge on any atom is 0.201 e. The van der Waals surface area contributed by atoms with Crippen molar-refractivity contribution in [2.45, 2.75) is 25.8 Å². The van der Waals surface area contributed by atoms with Crippen molar-refractivity contribution in [3.05, 3.63) is 24.0 Å². The molecule has 1 aromatic carbocycles. The largest absolute Gasteiger partial charge is 0.354 e. The average Bonchev–Trinajstić information content (AvgIpc) is 3.01. The highest BCUT2D eigenvalue weighted by Crippen LogP contribution is 2.18. The lowest BCUT2D eigenvalue weighted by Crippen LogP contribution is -2.34. The number of anilines is 1. The number of hydrogen-bond acceptors (Lipinski definition) is 3. The fraction of sp³-hybridized carbons (Fsp3) is 0.500. The standard InChI is InChI=1S/C14H19FN4/c1-2-19-7-3-4-11(19)9-16-14-17-12-6-5-10(15)8-13(12)18-14/h5-6,8,11H,2-4,7,9H2,1H3,(H2,16,17,18). The van der Waals surface area contributed by atoms with Gasteiger partial charge in [0.2, 0.25) is 5.95 Å². The van der Waals surface area contributed by atoms with Crippen molar-refractivity contribution in [1.82, 2.24) is 14.9 Å². The van der Waals surface area contributed by atoms with Crippen LogP contribution in [0.3, 0.4) is 0 Å². The fourth-order valence-electron chi connectivity index (χ4n) is 2.82. The molecule has 1 aromatic heterocycles. The number of imidazole rings is 1. The Morgan fingerprint density at radius 3 is 3.26 bits per heavy atom. The van der Waals surface area contributed by atoms with Gasteiger partial charge in [0.15, 0.2) is 0 Å². The van der Waals surface area contributed by atoms with Crippen molar-refractivity contribution < 1.29 is 4.39 Å². The molecule has 0 aliphatic carbocycles. The van der Waals surface area contributed by atoms with Crippen LogP contribution in [0.2, 0.25) is 0 Å². The summed E-state index contributed by atoms with van der Waals surface area (Å²) < 4.78 is 13.1. The van der Waals surface area contributed by atoms with E-state index < -0.39 is 0 Å². The van der Waals surface area contributed by atoms with Gasteiger partial charge in [0.25, 0.3) is 0 Å². The summed E-state index contributed by atoms with van der Waals surface area (Å²) >= 11 is 0. The molecule has 1 saturated heterocycles. The van der Waals surface area contributed by atoms with Gasteiger partial charge >= 0.3 is 0 Å². The monoisotopic (exact) mass is 262 g/mol. The molecule has 19 heavy (non-hydrogen) atoms. The van der Waals surface area contributed by atoms with E-state index in [0.717, 1.165) is 30.1 Å². The van der Waals surface area contributed by atoms with Crippen LogP contribution in [-0.4, -0.2) is 40.5 Å². The summed E-state index contributed by atoms with van der Waals surface area (Å²) in [5.74, 6) is 0.485. The van der Waals surface area contributed by atoms with Crippen LogP contribution in [0.5, 0.6) is 0 Å². The van der Waals surface area contributed by atoms with E-state index in [2.05, 4.69) is 27.1 Å². The van der Waals surface area contributed by atoms with Gasteiger partial charge in [-0.25, -0.2) is 9.37 Å². The topological polar surface area (TPSA) is 44.0 Å². The van der Waals surface area contributed by atoms with Crippen LogP contribution in [-0.2, 0) is 0 Å². The molecule has 4 nitrogen and oxygen atoms in total. The first kappa shape index (κ1) is 12.4. The van der Waals surface area contributed by atoms with Crippen molar-refractivity contribution in [3.8, 4) is 0 Å². The summed E-state index contributed by atoms with van der Waals surface area (Å²) in [6.45, 7) is 5.37. The lowest BCUT2D eigenvalue weighted by molar-refractivity contribution is 0.277. The van der Waals surface area contributed by atoms with Gasteiger partial charge in [-0.15, -0.1) is 0 Å². The quantitative estimate of drug-likeness (QED) is 0.890. The molecule has 5 heteroatoms. The van der Waals surface area contributed by atoms with E-state index in [1.807, 2.05) is 0 Å². The molecule has 0 radical (unpaired) electrons. The van der Waals surface area contributed by atoms with Gasteiger partial charge in [0.05, 0.1) is 11.0 Å². The molecular formula is C14H19FN4. The number of H-pyrrole nitrogens is 1. The second-order valence-corrected chi connectivity index (χ2v) is 5.05. The molecule has 3 rings (SSSR count). The first-order chi connectivity index (χ1) is 9.26. The zero-order valence-corrected chi connectivity index (χ0v) is 11.1. The number of nitrogens with one attached hydrogen (secondary N) is 2. The Morgan fingerprint density at radius 2 is 2.42 bits per heavy atom. The second kappa shape index (κ2) is 5.17. The Kier molecular flexibility index (Phi) is 3.38. The Hall–Kier alpha value is -1.62. The van der Waals surface area contributed by atoms with Crippen molar-refractivity contribution >= 4 is 17.0 Å². The lowest BCUT2D eigenvalue weighted by atomic mass is 10.2. The van der Waals surface area contributed by atoms with Crippen LogP contribution in [0.15, 0.2) is 18.2 Å². The molecule has 1 atom stereocenters. The highest BCUT2D eigenvalue weighted by molar-refractivity contribution is 5.77. The van der Waals surface area contributed by atoms with Crippen LogP contribution < -0.4 is 5.32 Å². The molecule has 0 amide bonds. The summed E-state index contributed by atoms with van der Waals surface area (Å²) in [6, 6.07) is 5.18. The van der Waals surface area contributed by atoms with Crippen molar-refractivity contribution in [2.24, 2.45) is 0 Å². The normalized spacial score (nSPS) is 20.2. The molecular weight excluding hydrogens is 243 g/mol. The average molecular weight is 262 g/mol. The minimum absolute atomic E-state index is 0.240. The Bertz CT molecular complexity index is 566. The van der Waals surface area contributed by atoms with Crippen LogP contribution in [0.4, 0.5) is 10.3 Å². The molecule has 1 unspecified atom stereocenters. The summed E-state index contributed by atoms with van der Waals surface area (Å²) in [5.41, 5.74) is 1.53. The number of likely N-dealkylation sites (N-methyl/N-ethyl adjacent to an activating group) is 1. The number of rotatable bonds is 4. The number of aromatic amines is 1. The molecule has 0 saturated carbocycles. The minimum Gasteiger partial charge on any atom is -0.354 e. The van der Waals surface area contributed by atoms with E-state index in [0.29, 0.717) is 6.04 Å². The highest BCUT2D eigenvalue weighted by atomic mass is 19.1. The van der Waals surface area contributed by atoms with Crippen molar-refractivity contribution in [3.63, 3.8) is 0 Å². The highest BCUT2D eigenvalue weighted by Gasteiger charge is 2.22. The number of nitrogens with zero attached hydrogens (tertiary/aromatic N) is 2. The Balaban J connectivity index is 1.68. The number of fused-ring (bicyclic) bond motifs is 1. The van der Waals surface area contributed by atoms with Crippen LogP contribution in [0.1, 0.15) is 19.8 Å². The third kappa shape index (κ3) is 2.56. The van der Waals surface area contributed by atoms with Crippen molar-refractivity contribution in [2.75, 3.05) is 25.0 Å².